The van der Waals surface area contributed by atoms with Gasteiger partial charge in [0.2, 0.25) is 10.0 Å². The fourth-order valence-corrected chi connectivity index (χ4v) is 5.60. The highest BCUT2D eigenvalue weighted by molar-refractivity contribution is 7.92. The van der Waals surface area contributed by atoms with Gasteiger partial charge in [-0.1, -0.05) is 61.9 Å². The number of carbonyl (C=O) groups excluding carboxylic acids is 1. The largest absolute Gasteiger partial charge is 0.487 e. The summed E-state index contributed by atoms with van der Waals surface area (Å²) in [5, 5.41) is 3.19. The van der Waals surface area contributed by atoms with E-state index in [9.17, 15) is 13.2 Å². The molecule has 1 aliphatic rings. The summed E-state index contributed by atoms with van der Waals surface area (Å²) in [6, 6.07) is 22.2. The molecule has 1 N–H and O–H groups in total. The highest BCUT2D eigenvalue weighted by Gasteiger charge is 2.39. The molecule has 1 atom stereocenters. The van der Waals surface area contributed by atoms with Crippen molar-refractivity contribution >= 4 is 21.6 Å². The Bertz CT molecular complexity index is 1310. The Balaban J connectivity index is 1.54. The number of carbonyl (C=O) groups is 1. The van der Waals surface area contributed by atoms with Crippen molar-refractivity contribution in [2.75, 3.05) is 10.6 Å². The summed E-state index contributed by atoms with van der Waals surface area (Å²) in [6.07, 6.45) is 3.58. The molecule has 36 heavy (non-hydrogen) atoms. The van der Waals surface area contributed by atoms with Gasteiger partial charge < -0.3 is 10.1 Å². The molecule has 1 aliphatic heterocycles. The van der Waals surface area contributed by atoms with Crippen molar-refractivity contribution in [1.82, 2.24) is 5.32 Å². The Kier molecular flexibility index (Phi) is 7.41. The van der Waals surface area contributed by atoms with Crippen LogP contribution in [-0.2, 0) is 16.6 Å². The molecule has 190 valence electrons. The molecule has 6 nitrogen and oxygen atoms in total. The van der Waals surface area contributed by atoms with Gasteiger partial charge in [-0.2, -0.15) is 0 Å². The van der Waals surface area contributed by atoms with E-state index >= 15 is 0 Å². The van der Waals surface area contributed by atoms with Crippen molar-refractivity contribution in [3.8, 4) is 5.75 Å². The smallest absolute Gasteiger partial charge is 0.251 e. The van der Waals surface area contributed by atoms with Gasteiger partial charge in [0.15, 0.2) is 0 Å². The zero-order chi connectivity index (χ0) is 25.9. The summed E-state index contributed by atoms with van der Waals surface area (Å²) in [5.41, 5.74) is 3.65. The number of sulfonamides is 1. The van der Waals surface area contributed by atoms with E-state index in [-0.39, 0.29) is 24.1 Å². The number of rotatable bonds is 8. The number of nitrogens with zero attached hydrogens (tertiary/aromatic N) is 1. The topological polar surface area (TPSA) is 75.7 Å². The predicted molar refractivity (Wildman–Crippen MR) is 144 cm³/mol. The number of amides is 1. The quantitative estimate of drug-likeness (QED) is 0.421. The predicted octanol–water partition coefficient (Wildman–Crippen LogP) is 5.77. The first-order chi connectivity index (χ1) is 17.1. The van der Waals surface area contributed by atoms with Crippen molar-refractivity contribution < 1.29 is 17.9 Å². The molecular formula is C29H34N2O4S. The first kappa shape index (κ1) is 25.8. The molecule has 7 heteroatoms. The number of anilines is 1. The van der Waals surface area contributed by atoms with Crippen molar-refractivity contribution in [1.29, 1.82) is 0 Å². The molecule has 0 spiro atoms. The van der Waals surface area contributed by atoms with E-state index in [0.717, 1.165) is 35.3 Å². The molecule has 0 saturated heterocycles. The second-order valence-corrected chi connectivity index (χ2v) is 11.5. The van der Waals surface area contributed by atoms with E-state index in [1.54, 1.807) is 24.3 Å². The number of hydrogen-bond donors (Lipinski definition) is 1. The molecule has 1 heterocycles. The number of nitrogens with one attached hydrogen (secondary N) is 1. The van der Waals surface area contributed by atoms with E-state index in [2.05, 4.69) is 19.2 Å². The van der Waals surface area contributed by atoms with E-state index < -0.39 is 10.0 Å². The molecule has 1 amide bonds. The Morgan fingerprint density at radius 2 is 1.64 bits per heavy atom. The van der Waals surface area contributed by atoms with Crippen molar-refractivity contribution in [2.24, 2.45) is 0 Å². The average molecular weight is 507 g/mol. The average Bonchev–Trinajstić information content (AvgIpc) is 2.87. The Hall–Kier alpha value is -3.32. The zero-order valence-electron chi connectivity index (χ0n) is 21.3. The number of para-hydroxylation sites is 1. The number of ether oxygens (including phenoxy) is 1. The van der Waals surface area contributed by atoms with Crippen LogP contribution in [0.25, 0.3) is 0 Å². The van der Waals surface area contributed by atoms with E-state index in [1.807, 2.05) is 55.5 Å². The standard InChI is InChI=1S/C29H34N2O4S/c1-5-29(6-2)19-26(25-9-7-8-10-27(25)35-29)30-28(32)23-15-17-24(18-16-23)31(36(4,33)34)20-22-13-11-21(3)12-14-22/h7-18,26H,5-6,19-20H2,1-4H3,(H,30,32). The van der Waals surface area contributed by atoms with E-state index in [1.165, 1.54) is 10.6 Å². The summed E-state index contributed by atoms with van der Waals surface area (Å²) in [5.74, 6) is 0.613. The SMILES string of the molecule is CCC1(CC)CC(NC(=O)c2ccc(N(Cc3ccc(C)cc3)S(C)(=O)=O)cc2)c2ccccc2O1. The van der Waals surface area contributed by atoms with Gasteiger partial charge in [0, 0.05) is 17.5 Å². The van der Waals surface area contributed by atoms with Crippen LogP contribution in [0, 0.1) is 6.92 Å². The molecule has 1 unspecified atom stereocenters. The Morgan fingerprint density at radius 1 is 1.00 bits per heavy atom. The number of aryl methyl sites for hydroxylation is 1. The molecule has 4 rings (SSSR count). The molecular weight excluding hydrogens is 472 g/mol. The molecule has 0 saturated carbocycles. The maximum Gasteiger partial charge on any atom is 0.251 e. The molecule has 0 radical (unpaired) electrons. The van der Waals surface area contributed by atoms with Gasteiger partial charge >= 0.3 is 0 Å². The van der Waals surface area contributed by atoms with Crippen LogP contribution in [-0.4, -0.2) is 26.2 Å². The van der Waals surface area contributed by atoms with Crippen LogP contribution in [0.5, 0.6) is 5.75 Å². The molecule has 3 aromatic carbocycles. The summed E-state index contributed by atoms with van der Waals surface area (Å²) >= 11 is 0. The number of benzene rings is 3. The Labute approximate surface area is 214 Å². The molecule has 0 aliphatic carbocycles. The summed E-state index contributed by atoms with van der Waals surface area (Å²) in [7, 11) is -3.52. The maximum atomic E-state index is 13.2. The molecule has 0 bridgehead atoms. The van der Waals surface area contributed by atoms with Gasteiger partial charge in [-0.05, 0) is 55.7 Å². The molecule has 0 fully saturated rings. The lowest BCUT2D eigenvalue weighted by Crippen LogP contribution is -2.44. The van der Waals surface area contributed by atoms with Gasteiger partial charge in [0.05, 0.1) is 24.5 Å². The summed E-state index contributed by atoms with van der Waals surface area (Å²) in [4.78, 5) is 13.2. The molecule has 0 aromatic heterocycles. The van der Waals surface area contributed by atoms with Crippen LogP contribution in [0.3, 0.4) is 0 Å². The van der Waals surface area contributed by atoms with Crippen molar-refractivity contribution in [3.05, 3.63) is 95.1 Å². The lowest BCUT2D eigenvalue weighted by atomic mass is 9.83. The fourth-order valence-electron chi connectivity index (χ4n) is 4.71. The van der Waals surface area contributed by atoms with Gasteiger partial charge in [0.1, 0.15) is 11.4 Å². The van der Waals surface area contributed by atoms with Gasteiger partial charge in [-0.15, -0.1) is 0 Å². The van der Waals surface area contributed by atoms with Crippen LogP contribution in [0.15, 0.2) is 72.8 Å². The van der Waals surface area contributed by atoms with E-state index in [0.29, 0.717) is 17.7 Å². The van der Waals surface area contributed by atoms with Crippen molar-refractivity contribution in [3.63, 3.8) is 0 Å². The minimum atomic E-state index is -3.52. The van der Waals surface area contributed by atoms with Gasteiger partial charge in [-0.3, -0.25) is 9.10 Å². The van der Waals surface area contributed by atoms with Crippen molar-refractivity contribution in [2.45, 2.75) is 58.2 Å². The minimum Gasteiger partial charge on any atom is -0.487 e. The third kappa shape index (κ3) is 5.57. The van der Waals surface area contributed by atoms with E-state index in [4.69, 9.17) is 4.74 Å². The third-order valence-corrected chi connectivity index (χ3v) is 8.20. The van der Waals surface area contributed by atoms with Gasteiger partial charge in [0.25, 0.3) is 5.91 Å². The van der Waals surface area contributed by atoms with Crippen LogP contribution in [0.1, 0.15) is 66.2 Å². The first-order valence-corrected chi connectivity index (χ1v) is 14.2. The van der Waals surface area contributed by atoms with Crippen LogP contribution in [0.2, 0.25) is 0 Å². The second kappa shape index (κ2) is 10.3. The normalized spacial score (nSPS) is 16.5. The summed E-state index contributed by atoms with van der Waals surface area (Å²) in [6.45, 7) is 6.43. The lowest BCUT2D eigenvalue weighted by Gasteiger charge is -2.41. The highest BCUT2D eigenvalue weighted by Crippen LogP contribution is 2.42. The Morgan fingerprint density at radius 3 is 2.25 bits per heavy atom. The lowest BCUT2D eigenvalue weighted by molar-refractivity contribution is 0.0227. The number of hydrogen-bond acceptors (Lipinski definition) is 4. The molecule has 3 aromatic rings. The van der Waals surface area contributed by atoms with Crippen LogP contribution >= 0.6 is 0 Å². The fraction of sp³-hybridized carbons (Fsp3) is 0.345. The highest BCUT2D eigenvalue weighted by atomic mass is 32.2. The second-order valence-electron chi connectivity index (χ2n) is 9.56. The first-order valence-electron chi connectivity index (χ1n) is 12.4. The van der Waals surface area contributed by atoms with Gasteiger partial charge in [-0.25, -0.2) is 8.42 Å². The monoisotopic (exact) mass is 506 g/mol. The zero-order valence-corrected chi connectivity index (χ0v) is 22.1. The maximum absolute atomic E-state index is 13.2. The number of fused-ring (bicyclic) bond motifs is 1. The summed E-state index contributed by atoms with van der Waals surface area (Å²) < 4.78 is 32.8. The minimum absolute atomic E-state index is 0.170. The van der Waals surface area contributed by atoms with Crippen LogP contribution < -0.4 is 14.4 Å². The van der Waals surface area contributed by atoms with Crippen LogP contribution in [0.4, 0.5) is 5.69 Å². The third-order valence-electron chi connectivity index (χ3n) is 7.06.